The van der Waals surface area contributed by atoms with Crippen molar-refractivity contribution in [3.8, 4) is 0 Å². The van der Waals surface area contributed by atoms with E-state index in [0.717, 1.165) is 12.0 Å². The Hall–Kier alpha value is -3.31. The van der Waals surface area contributed by atoms with Crippen LogP contribution in [0.4, 0.5) is 16.2 Å². The van der Waals surface area contributed by atoms with E-state index < -0.39 is 6.03 Å². The summed E-state index contributed by atoms with van der Waals surface area (Å²) in [5.74, 6) is -0.238. The van der Waals surface area contributed by atoms with E-state index in [1.54, 1.807) is 48.5 Å². The second-order valence-electron chi connectivity index (χ2n) is 6.12. The normalized spacial score (nSPS) is 10.2. The number of carbonyl (C=O) groups is 2. The molecule has 142 valence electrons. The molecule has 3 N–H and O–H groups in total. The van der Waals surface area contributed by atoms with E-state index in [4.69, 9.17) is 11.6 Å². The molecule has 0 aliphatic rings. The number of benzene rings is 3. The Balaban J connectivity index is 1.59. The molecular formula is C22H20ClN3O2. The van der Waals surface area contributed by atoms with Crippen LogP contribution in [0.5, 0.6) is 0 Å². The van der Waals surface area contributed by atoms with Crippen LogP contribution in [0.2, 0.25) is 5.02 Å². The van der Waals surface area contributed by atoms with Gasteiger partial charge in [0.2, 0.25) is 0 Å². The molecule has 0 heterocycles. The van der Waals surface area contributed by atoms with Crippen LogP contribution >= 0.6 is 11.6 Å². The van der Waals surface area contributed by atoms with Gasteiger partial charge in [0.25, 0.3) is 5.91 Å². The van der Waals surface area contributed by atoms with Crippen molar-refractivity contribution in [2.45, 2.75) is 6.42 Å². The van der Waals surface area contributed by atoms with Crippen LogP contribution in [0, 0.1) is 0 Å². The van der Waals surface area contributed by atoms with E-state index in [9.17, 15) is 9.59 Å². The molecule has 0 fully saturated rings. The molecule has 5 nitrogen and oxygen atoms in total. The predicted octanol–water partition coefficient (Wildman–Crippen LogP) is 4.96. The van der Waals surface area contributed by atoms with Gasteiger partial charge in [-0.15, -0.1) is 0 Å². The number of hydrogen-bond donors (Lipinski definition) is 3. The number of amides is 3. The van der Waals surface area contributed by atoms with Crippen LogP contribution in [0.15, 0.2) is 78.9 Å². The van der Waals surface area contributed by atoms with Crippen molar-refractivity contribution < 1.29 is 9.59 Å². The van der Waals surface area contributed by atoms with Crippen LogP contribution in [0.25, 0.3) is 0 Å². The maximum absolute atomic E-state index is 12.5. The molecule has 0 aromatic heterocycles. The van der Waals surface area contributed by atoms with Crippen molar-refractivity contribution in [2.24, 2.45) is 0 Å². The standard InChI is InChI=1S/C22H20ClN3O2/c23-17-10-12-18(13-11-17)25-22(28)26-20-9-5-4-8-19(20)21(27)24-15-14-16-6-2-1-3-7-16/h1-13H,14-15H2,(H,24,27)(H2,25,26,28). The Kier molecular flexibility index (Phi) is 6.65. The predicted molar refractivity (Wildman–Crippen MR) is 113 cm³/mol. The van der Waals surface area contributed by atoms with Crippen molar-refractivity contribution in [1.29, 1.82) is 0 Å². The number of halogens is 1. The summed E-state index contributed by atoms with van der Waals surface area (Å²) in [6, 6.07) is 23.1. The number of urea groups is 1. The number of rotatable bonds is 6. The Morgan fingerprint density at radius 2 is 1.46 bits per heavy atom. The molecule has 0 unspecified atom stereocenters. The molecule has 28 heavy (non-hydrogen) atoms. The molecule has 0 saturated heterocycles. The molecular weight excluding hydrogens is 374 g/mol. The first kappa shape index (κ1) is 19.5. The number of anilines is 2. The molecule has 0 spiro atoms. The SMILES string of the molecule is O=C(Nc1ccc(Cl)cc1)Nc1ccccc1C(=O)NCCc1ccccc1. The Morgan fingerprint density at radius 1 is 0.786 bits per heavy atom. The van der Waals surface area contributed by atoms with E-state index in [0.29, 0.717) is 28.5 Å². The summed E-state index contributed by atoms with van der Waals surface area (Å²) in [6.45, 7) is 0.508. The van der Waals surface area contributed by atoms with Gasteiger partial charge in [0.05, 0.1) is 11.3 Å². The molecule has 0 radical (unpaired) electrons. The van der Waals surface area contributed by atoms with E-state index in [2.05, 4.69) is 16.0 Å². The Morgan fingerprint density at radius 3 is 2.21 bits per heavy atom. The molecule has 3 rings (SSSR count). The monoisotopic (exact) mass is 393 g/mol. The van der Waals surface area contributed by atoms with Gasteiger partial charge in [-0.3, -0.25) is 4.79 Å². The highest BCUT2D eigenvalue weighted by Crippen LogP contribution is 2.17. The minimum Gasteiger partial charge on any atom is -0.352 e. The van der Waals surface area contributed by atoms with Gasteiger partial charge in [0, 0.05) is 17.3 Å². The summed E-state index contributed by atoms with van der Waals surface area (Å²) in [7, 11) is 0. The second kappa shape index (κ2) is 9.58. The number of para-hydroxylation sites is 1. The molecule has 0 bridgehead atoms. The molecule has 3 aromatic carbocycles. The van der Waals surface area contributed by atoms with Crippen molar-refractivity contribution >= 4 is 34.9 Å². The second-order valence-corrected chi connectivity index (χ2v) is 6.56. The van der Waals surface area contributed by atoms with Gasteiger partial charge in [-0.25, -0.2) is 4.79 Å². The molecule has 3 aromatic rings. The van der Waals surface area contributed by atoms with Crippen molar-refractivity contribution in [2.75, 3.05) is 17.2 Å². The summed E-state index contributed by atoms with van der Waals surface area (Å²) in [4.78, 5) is 24.8. The highest BCUT2D eigenvalue weighted by molar-refractivity contribution is 6.30. The molecule has 0 atom stereocenters. The minimum absolute atomic E-state index is 0.238. The summed E-state index contributed by atoms with van der Waals surface area (Å²) >= 11 is 5.84. The lowest BCUT2D eigenvalue weighted by Crippen LogP contribution is -2.28. The van der Waals surface area contributed by atoms with Crippen LogP contribution in [-0.2, 0) is 6.42 Å². The van der Waals surface area contributed by atoms with Crippen LogP contribution in [-0.4, -0.2) is 18.5 Å². The lowest BCUT2D eigenvalue weighted by atomic mass is 10.1. The van der Waals surface area contributed by atoms with Gasteiger partial charge in [0.1, 0.15) is 0 Å². The van der Waals surface area contributed by atoms with Crippen LogP contribution < -0.4 is 16.0 Å². The summed E-state index contributed by atoms with van der Waals surface area (Å²) < 4.78 is 0. The maximum atomic E-state index is 12.5. The maximum Gasteiger partial charge on any atom is 0.323 e. The van der Waals surface area contributed by atoms with Gasteiger partial charge in [-0.05, 0) is 48.4 Å². The van der Waals surface area contributed by atoms with E-state index in [1.165, 1.54) is 0 Å². The van der Waals surface area contributed by atoms with Gasteiger partial charge in [0.15, 0.2) is 0 Å². The lowest BCUT2D eigenvalue weighted by molar-refractivity contribution is 0.0955. The number of carbonyl (C=O) groups excluding carboxylic acids is 2. The van der Waals surface area contributed by atoms with E-state index in [-0.39, 0.29) is 5.91 Å². The van der Waals surface area contributed by atoms with E-state index in [1.807, 2.05) is 30.3 Å². The fraction of sp³-hybridized carbons (Fsp3) is 0.0909. The molecule has 6 heteroatoms. The molecule has 0 saturated carbocycles. The van der Waals surface area contributed by atoms with Crippen LogP contribution in [0.1, 0.15) is 15.9 Å². The molecule has 0 aliphatic carbocycles. The summed E-state index contributed by atoms with van der Waals surface area (Å²) in [5.41, 5.74) is 2.59. The molecule has 0 aliphatic heterocycles. The van der Waals surface area contributed by atoms with Gasteiger partial charge < -0.3 is 16.0 Å². The zero-order chi connectivity index (χ0) is 19.8. The lowest BCUT2D eigenvalue weighted by Gasteiger charge is -2.12. The third kappa shape index (κ3) is 5.59. The first-order valence-corrected chi connectivity index (χ1v) is 9.24. The van der Waals surface area contributed by atoms with Gasteiger partial charge in [-0.2, -0.15) is 0 Å². The third-order valence-corrected chi connectivity index (χ3v) is 4.32. The first-order chi connectivity index (χ1) is 13.6. The van der Waals surface area contributed by atoms with Crippen LogP contribution in [0.3, 0.4) is 0 Å². The largest absolute Gasteiger partial charge is 0.352 e. The van der Waals surface area contributed by atoms with Crippen molar-refractivity contribution in [3.05, 3.63) is 95.0 Å². The zero-order valence-corrected chi connectivity index (χ0v) is 15.9. The highest BCUT2D eigenvalue weighted by Gasteiger charge is 2.13. The fourth-order valence-corrected chi connectivity index (χ4v) is 2.79. The average molecular weight is 394 g/mol. The zero-order valence-electron chi connectivity index (χ0n) is 15.1. The first-order valence-electron chi connectivity index (χ1n) is 8.86. The fourth-order valence-electron chi connectivity index (χ4n) is 2.67. The van der Waals surface area contributed by atoms with E-state index >= 15 is 0 Å². The number of nitrogens with one attached hydrogen (secondary N) is 3. The summed E-state index contributed by atoms with van der Waals surface area (Å²) in [6.07, 6.45) is 0.735. The topological polar surface area (TPSA) is 70.2 Å². The Bertz CT molecular complexity index is 944. The van der Waals surface area contributed by atoms with Gasteiger partial charge >= 0.3 is 6.03 Å². The average Bonchev–Trinajstić information content (AvgIpc) is 2.71. The van der Waals surface area contributed by atoms with Crippen molar-refractivity contribution in [1.82, 2.24) is 5.32 Å². The molecule has 3 amide bonds. The highest BCUT2D eigenvalue weighted by atomic mass is 35.5. The minimum atomic E-state index is -0.438. The van der Waals surface area contributed by atoms with Crippen molar-refractivity contribution in [3.63, 3.8) is 0 Å². The summed E-state index contributed by atoms with van der Waals surface area (Å²) in [5, 5.41) is 8.91. The Labute approximate surface area is 168 Å². The smallest absolute Gasteiger partial charge is 0.323 e. The van der Waals surface area contributed by atoms with Gasteiger partial charge in [-0.1, -0.05) is 54.1 Å². The quantitative estimate of drug-likeness (QED) is 0.554. The third-order valence-electron chi connectivity index (χ3n) is 4.06. The number of hydrogen-bond acceptors (Lipinski definition) is 2.